The first-order valence-electron chi connectivity index (χ1n) is 9.44. The molecular formula is C21H22N4O3. The lowest BCUT2D eigenvalue weighted by Gasteiger charge is -2.25. The number of piperidine rings is 1. The maximum Gasteiger partial charge on any atom is 0.335 e. The second-order valence-corrected chi connectivity index (χ2v) is 7.09. The summed E-state index contributed by atoms with van der Waals surface area (Å²) in [4.78, 5) is 33.7. The number of fused-ring (bicyclic) bond motifs is 1. The van der Waals surface area contributed by atoms with E-state index in [2.05, 4.69) is 20.2 Å². The van der Waals surface area contributed by atoms with Crippen molar-refractivity contribution in [2.75, 3.05) is 18.4 Å². The molecule has 2 heterocycles. The molecule has 3 aromatic rings. The third-order valence-corrected chi connectivity index (χ3v) is 5.00. The quantitative estimate of drug-likeness (QED) is 0.631. The van der Waals surface area contributed by atoms with E-state index >= 15 is 0 Å². The molecule has 4 rings (SSSR count). The Morgan fingerprint density at radius 3 is 2.46 bits per heavy atom. The SMILES string of the molecule is O=C(O)c1ccc(C(=O)Nc2ccc3nc(CN4CCCCC4)[nH]c3c2)cc1. The fourth-order valence-electron chi connectivity index (χ4n) is 3.51. The van der Waals surface area contributed by atoms with Crippen LogP contribution in [0.15, 0.2) is 42.5 Å². The summed E-state index contributed by atoms with van der Waals surface area (Å²) in [5.74, 6) is -0.369. The molecule has 0 bridgehead atoms. The Bertz CT molecular complexity index is 1000. The monoisotopic (exact) mass is 378 g/mol. The number of nitrogens with zero attached hydrogens (tertiary/aromatic N) is 2. The standard InChI is InChI=1S/C21H22N4O3/c26-20(14-4-6-15(7-5-14)21(27)28)22-16-8-9-17-18(12-16)24-19(23-17)13-25-10-2-1-3-11-25/h4-9,12H,1-3,10-11,13H2,(H,22,26)(H,23,24)(H,27,28). The van der Waals surface area contributed by atoms with Crippen molar-refractivity contribution in [2.45, 2.75) is 25.8 Å². The summed E-state index contributed by atoms with van der Waals surface area (Å²) in [6.07, 6.45) is 3.78. The molecule has 2 aromatic carbocycles. The molecule has 3 N–H and O–H groups in total. The van der Waals surface area contributed by atoms with Crippen molar-refractivity contribution in [1.82, 2.24) is 14.9 Å². The molecule has 1 saturated heterocycles. The number of nitrogens with one attached hydrogen (secondary N) is 2. The Morgan fingerprint density at radius 1 is 1.04 bits per heavy atom. The van der Waals surface area contributed by atoms with E-state index in [0.29, 0.717) is 11.3 Å². The van der Waals surface area contributed by atoms with E-state index in [9.17, 15) is 9.59 Å². The van der Waals surface area contributed by atoms with E-state index < -0.39 is 5.97 Å². The molecule has 1 aromatic heterocycles. The second-order valence-electron chi connectivity index (χ2n) is 7.09. The first-order valence-corrected chi connectivity index (χ1v) is 9.44. The topological polar surface area (TPSA) is 98.3 Å². The fraction of sp³-hybridized carbons (Fsp3) is 0.286. The number of likely N-dealkylation sites (tertiary alicyclic amines) is 1. The van der Waals surface area contributed by atoms with Crippen molar-refractivity contribution < 1.29 is 14.7 Å². The molecule has 0 atom stereocenters. The minimum atomic E-state index is -1.02. The van der Waals surface area contributed by atoms with E-state index in [-0.39, 0.29) is 11.5 Å². The average Bonchev–Trinajstić information content (AvgIpc) is 3.10. The number of aromatic carboxylic acids is 1. The number of hydrogen-bond acceptors (Lipinski definition) is 4. The number of carbonyl (C=O) groups is 2. The van der Waals surface area contributed by atoms with Crippen LogP contribution >= 0.6 is 0 Å². The highest BCUT2D eigenvalue weighted by Crippen LogP contribution is 2.20. The molecule has 1 amide bonds. The summed E-state index contributed by atoms with van der Waals surface area (Å²) in [5, 5.41) is 11.8. The zero-order valence-electron chi connectivity index (χ0n) is 15.4. The van der Waals surface area contributed by atoms with Gasteiger partial charge in [0.25, 0.3) is 5.91 Å². The van der Waals surface area contributed by atoms with Gasteiger partial charge in [-0.15, -0.1) is 0 Å². The lowest BCUT2D eigenvalue weighted by molar-refractivity contribution is 0.0696. The molecule has 7 nitrogen and oxygen atoms in total. The largest absolute Gasteiger partial charge is 0.478 e. The maximum absolute atomic E-state index is 12.4. The highest BCUT2D eigenvalue weighted by molar-refractivity contribution is 6.05. The zero-order valence-corrected chi connectivity index (χ0v) is 15.4. The molecule has 1 fully saturated rings. The van der Waals surface area contributed by atoms with Crippen molar-refractivity contribution in [1.29, 1.82) is 0 Å². The van der Waals surface area contributed by atoms with Crippen LogP contribution in [0.25, 0.3) is 11.0 Å². The predicted molar refractivity (Wildman–Crippen MR) is 107 cm³/mol. The number of aromatic nitrogens is 2. The van der Waals surface area contributed by atoms with Gasteiger partial charge in [-0.2, -0.15) is 0 Å². The average molecular weight is 378 g/mol. The van der Waals surface area contributed by atoms with Gasteiger partial charge in [-0.1, -0.05) is 6.42 Å². The van der Waals surface area contributed by atoms with Crippen molar-refractivity contribution in [2.24, 2.45) is 0 Å². The van der Waals surface area contributed by atoms with Crippen LogP contribution in [0.4, 0.5) is 5.69 Å². The number of H-pyrrole nitrogens is 1. The Morgan fingerprint density at radius 2 is 1.75 bits per heavy atom. The number of carboxylic acids is 1. The maximum atomic E-state index is 12.4. The van der Waals surface area contributed by atoms with Crippen molar-refractivity contribution in [3.8, 4) is 0 Å². The van der Waals surface area contributed by atoms with Crippen LogP contribution in [0.3, 0.4) is 0 Å². The number of imidazole rings is 1. The van der Waals surface area contributed by atoms with E-state index in [4.69, 9.17) is 5.11 Å². The van der Waals surface area contributed by atoms with Crippen LogP contribution in [0.5, 0.6) is 0 Å². The van der Waals surface area contributed by atoms with Gasteiger partial charge in [0.2, 0.25) is 0 Å². The van der Waals surface area contributed by atoms with Crippen LogP contribution in [0.2, 0.25) is 0 Å². The Balaban J connectivity index is 1.46. The van der Waals surface area contributed by atoms with Crippen LogP contribution in [0, 0.1) is 0 Å². The Labute approximate surface area is 162 Å². The van der Waals surface area contributed by atoms with Crippen molar-refractivity contribution in [3.05, 3.63) is 59.4 Å². The third kappa shape index (κ3) is 4.04. The summed E-state index contributed by atoms with van der Waals surface area (Å²) in [7, 11) is 0. The first kappa shape index (κ1) is 18.2. The fourth-order valence-corrected chi connectivity index (χ4v) is 3.51. The van der Waals surface area contributed by atoms with Crippen LogP contribution in [0.1, 0.15) is 45.8 Å². The van der Waals surface area contributed by atoms with Gasteiger partial charge in [0.15, 0.2) is 0 Å². The number of carboxylic acid groups (broad SMARTS) is 1. The molecular weight excluding hydrogens is 356 g/mol. The third-order valence-electron chi connectivity index (χ3n) is 5.00. The number of benzene rings is 2. The van der Waals surface area contributed by atoms with Crippen molar-refractivity contribution in [3.63, 3.8) is 0 Å². The summed E-state index contributed by atoms with van der Waals surface area (Å²) >= 11 is 0. The number of carbonyl (C=O) groups excluding carboxylic acids is 1. The molecule has 7 heteroatoms. The Hall–Kier alpha value is -3.19. The highest BCUT2D eigenvalue weighted by Gasteiger charge is 2.13. The second kappa shape index (κ2) is 7.82. The normalized spacial score (nSPS) is 14.9. The summed E-state index contributed by atoms with van der Waals surface area (Å²) < 4.78 is 0. The van der Waals surface area contributed by atoms with Crippen LogP contribution < -0.4 is 5.32 Å². The highest BCUT2D eigenvalue weighted by atomic mass is 16.4. The van der Waals surface area contributed by atoms with Gasteiger partial charge in [-0.3, -0.25) is 9.69 Å². The molecule has 1 aliphatic heterocycles. The molecule has 28 heavy (non-hydrogen) atoms. The number of aromatic amines is 1. The van der Waals surface area contributed by atoms with Crippen LogP contribution in [-0.2, 0) is 6.54 Å². The zero-order chi connectivity index (χ0) is 19.5. The van der Waals surface area contributed by atoms with Gasteiger partial charge in [-0.25, -0.2) is 9.78 Å². The lowest BCUT2D eigenvalue weighted by Crippen LogP contribution is -2.29. The van der Waals surface area contributed by atoms with E-state index in [1.807, 2.05) is 18.2 Å². The number of anilines is 1. The summed E-state index contributed by atoms with van der Waals surface area (Å²) in [5.41, 5.74) is 2.96. The van der Waals surface area contributed by atoms with Crippen molar-refractivity contribution >= 4 is 28.6 Å². The van der Waals surface area contributed by atoms with Crippen LogP contribution in [-0.4, -0.2) is 44.9 Å². The molecule has 0 aliphatic carbocycles. The van der Waals surface area contributed by atoms with Gasteiger partial charge < -0.3 is 15.4 Å². The molecule has 144 valence electrons. The molecule has 0 radical (unpaired) electrons. The Kier molecular flexibility index (Phi) is 5.08. The lowest BCUT2D eigenvalue weighted by atomic mass is 10.1. The summed E-state index contributed by atoms with van der Waals surface area (Å²) in [6, 6.07) is 11.4. The van der Waals surface area contributed by atoms with Gasteiger partial charge in [0.05, 0.1) is 23.1 Å². The first-order chi connectivity index (χ1) is 13.6. The van der Waals surface area contributed by atoms with E-state index in [1.54, 1.807) is 0 Å². The number of rotatable bonds is 5. The van der Waals surface area contributed by atoms with Gasteiger partial charge in [0, 0.05) is 11.3 Å². The van der Waals surface area contributed by atoms with Gasteiger partial charge in [0.1, 0.15) is 5.82 Å². The summed E-state index contributed by atoms with van der Waals surface area (Å²) in [6.45, 7) is 3.03. The smallest absolute Gasteiger partial charge is 0.335 e. The molecule has 1 aliphatic rings. The van der Waals surface area contributed by atoms with Gasteiger partial charge in [-0.05, 0) is 68.4 Å². The predicted octanol–water partition coefficient (Wildman–Crippen LogP) is 3.50. The van der Waals surface area contributed by atoms with E-state index in [0.717, 1.165) is 36.5 Å². The van der Waals surface area contributed by atoms with E-state index in [1.165, 1.54) is 43.5 Å². The molecule has 0 spiro atoms. The minimum absolute atomic E-state index is 0.150. The molecule has 0 unspecified atom stereocenters. The number of amides is 1. The minimum Gasteiger partial charge on any atom is -0.478 e. The number of hydrogen-bond donors (Lipinski definition) is 3. The van der Waals surface area contributed by atoms with Gasteiger partial charge >= 0.3 is 5.97 Å². The molecule has 0 saturated carbocycles.